The van der Waals surface area contributed by atoms with Gasteiger partial charge in [-0.2, -0.15) is 0 Å². The van der Waals surface area contributed by atoms with E-state index in [0.29, 0.717) is 11.5 Å². The van der Waals surface area contributed by atoms with Crippen LogP contribution in [0.15, 0.2) is 17.4 Å². The monoisotopic (exact) mass is 227 g/mol. The summed E-state index contributed by atoms with van der Waals surface area (Å²) in [4.78, 5) is 7.97. The van der Waals surface area contributed by atoms with Crippen LogP contribution in [0.4, 0.5) is 5.82 Å². The molecule has 0 unspecified atom stereocenters. The van der Waals surface area contributed by atoms with Crippen molar-refractivity contribution in [1.29, 1.82) is 0 Å². The third-order valence-electron chi connectivity index (χ3n) is 1.67. The summed E-state index contributed by atoms with van der Waals surface area (Å²) in [6, 6.07) is 0. The maximum atomic E-state index is 11.4. The van der Waals surface area contributed by atoms with E-state index in [1.54, 1.807) is 19.1 Å². The van der Waals surface area contributed by atoms with E-state index in [1.807, 2.05) is 6.92 Å². The number of allylic oxidation sites excluding steroid dienone is 1. The lowest BCUT2D eigenvalue weighted by Gasteiger charge is -2.00. The molecular formula is C9H13N3O2S. The molecule has 0 amide bonds. The van der Waals surface area contributed by atoms with Crippen LogP contribution in [0, 0.1) is 0 Å². The van der Waals surface area contributed by atoms with Crippen molar-refractivity contribution >= 4 is 28.1 Å². The van der Waals surface area contributed by atoms with E-state index in [4.69, 9.17) is 0 Å². The Hall–Kier alpha value is -1.43. The fourth-order valence-corrected chi connectivity index (χ4v) is 1.78. The molecule has 0 saturated heterocycles. The molecule has 0 spiro atoms. The molecule has 0 N–H and O–H groups in total. The van der Waals surface area contributed by atoms with Crippen molar-refractivity contribution in [2.45, 2.75) is 13.8 Å². The van der Waals surface area contributed by atoms with Gasteiger partial charge in [-0.15, -0.1) is 0 Å². The van der Waals surface area contributed by atoms with Crippen LogP contribution in [0.25, 0.3) is 6.08 Å². The fourth-order valence-electron chi connectivity index (χ4n) is 1.10. The Labute approximate surface area is 89.2 Å². The highest BCUT2D eigenvalue weighted by Crippen LogP contribution is 2.20. The second kappa shape index (κ2) is 4.39. The summed E-state index contributed by atoms with van der Waals surface area (Å²) in [5, 5.41) is 0. The molecular weight excluding hydrogens is 214 g/mol. The van der Waals surface area contributed by atoms with E-state index in [0.717, 1.165) is 10.2 Å². The molecule has 0 aromatic carbocycles. The van der Waals surface area contributed by atoms with Crippen LogP contribution in [0.5, 0.6) is 0 Å². The zero-order valence-corrected chi connectivity index (χ0v) is 9.69. The highest BCUT2D eigenvalue weighted by atomic mass is 32.2. The van der Waals surface area contributed by atoms with E-state index in [1.165, 1.54) is 12.5 Å². The third kappa shape index (κ3) is 2.53. The van der Waals surface area contributed by atoms with E-state index >= 15 is 0 Å². The first-order valence-electron chi connectivity index (χ1n) is 4.40. The van der Waals surface area contributed by atoms with Gasteiger partial charge in [-0.05, 0) is 19.9 Å². The van der Waals surface area contributed by atoms with Gasteiger partial charge in [0.2, 0.25) is 10.0 Å². The normalized spacial score (nSPS) is 13.0. The minimum atomic E-state index is -3.35. The Morgan fingerprint density at radius 1 is 1.47 bits per heavy atom. The average molecular weight is 227 g/mol. The largest absolute Gasteiger partial charge is 0.241 e. The minimum absolute atomic E-state index is 0.332. The van der Waals surface area contributed by atoms with Gasteiger partial charge in [-0.25, -0.2) is 22.4 Å². The van der Waals surface area contributed by atoms with E-state index < -0.39 is 10.0 Å². The second-order valence-corrected chi connectivity index (χ2v) is 4.76. The summed E-state index contributed by atoms with van der Waals surface area (Å²) >= 11 is 0. The molecule has 0 saturated carbocycles. The van der Waals surface area contributed by atoms with E-state index in [9.17, 15) is 8.42 Å². The molecule has 15 heavy (non-hydrogen) atoms. The smallest absolute Gasteiger partial charge is 0.238 e. The Morgan fingerprint density at radius 3 is 2.60 bits per heavy atom. The molecule has 1 aromatic heterocycles. The van der Waals surface area contributed by atoms with Crippen LogP contribution in [0.2, 0.25) is 0 Å². The van der Waals surface area contributed by atoms with Gasteiger partial charge in [0.05, 0.1) is 6.26 Å². The maximum Gasteiger partial charge on any atom is 0.238 e. The van der Waals surface area contributed by atoms with E-state index in [-0.39, 0.29) is 0 Å². The number of imidazole rings is 1. The molecule has 1 aromatic rings. The molecule has 0 aliphatic carbocycles. The molecule has 1 heterocycles. The molecule has 0 aliphatic rings. The Bertz CT molecular complexity index is 497. The molecule has 0 fully saturated rings. The molecule has 5 nitrogen and oxygen atoms in total. The lowest BCUT2D eigenvalue weighted by atomic mass is 10.4. The predicted molar refractivity (Wildman–Crippen MR) is 61.0 cm³/mol. The molecule has 82 valence electrons. The molecule has 6 heteroatoms. The summed E-state index contributed by atoms with van der Waals surface area (Å²) in [5.41, 5.74) is 0.543. The Balaban J connectivity index is 3.43. The maximum absolute atomic E-state index is 11.4. The minimum Gasteiger partial charge on any atom is -0.241 e. The zero-order valence-electron chi connectivity index (χ0n) is 8.88. The van der Waals surface area contributed by atoms with Gasteiger partial charge in [0, 0.05) is 6.21 Å². The molecule has 1 rings (SSSR count). The first-order chi connectivity index (χ1) is 7.00. The quantitative estimate of drug-likeness (QED) is 0.734. The molecule has 0 radical (unpaired) electrons. The highest BCUT2D eigenvalue weighted by Gasteiger charge is 2.14. The summed E-state index contributed by atoms with van der Waals surface area (Å²) in [6.45, 7) is 3.55. The Kier molecular flexibility index (Phi) is 3.41. The number of hydrogen-bond donors (Lipinski definition) is 0. The molecule has 0 bridgehead atoms. The summed E-state index contributed by atoms with van der Waals surface area (Å²) in [5.74, 6) is 0.332. The zero-order chi connectivity index (χ0) is 11.5. The first-order valence-corrected chi connectivity index (χ1v) is 6.24. The fraction of sp³-hybridized carbons (Fsp3) is 0.333. The van der Waals surface area contributed by atoms with Gasteiger partial charge in [-0.1, -0.05) is 6.08 Å². The first kappa shape index (κ1) is 11.6. The van der Waals surface area contributed by atoms with Crippen molar-refractivity contribution in [3.8, 4) is 0 Å². The van der Waals surface area contributed by atoms with Crippen molar-refractivity contribution in [3.05, 3.63) is 18.1 Å². The van der Waals surface area contributed by atoms with Crippen LogP contribution >= 0.6 is 0 Å². The topological polar surface area (TPSA) is 64.3 Å². The predicted octanol–water partition coefficient (Wildman–Crippen LogP) is 1.45. The highest BCUT2D eigenvalue weighted by molar-refractivity contribution is 7.89. The van der Waals surface area contributed by atoms with Gasteiger partial charge >= 0.3 is 0 Å². The standard InChI is InChI=1S/C9H13N3O2S/c1-4-6-8-9(10-5-2)12(7-11-8)15(3,13)14/h4-7H,1-3H3/b6-4-,10-5-. The summed E-state index contributed by atoms with van der Waals surface area (Å²) in [7, 11) is -3.35. The summed E-state index contributed by atoms with van der Waals surface area (Å²) in [6.07, 6.45) is 7.40. The van der Waals surface area contributed by atoms with Crippen molar-refractivity contribution in [2.75, 3.05) is 6.26 Å². The molecule has 0 atom stereocenters. The van der Waals surface area contributed by atoms with Crippen molar-refractivity contribution in [3.63, 3.8) is 0 Å². The van der Waals surface area contributed by atoms with Crippen molar-refractivity contribution in [2.24, 2.45) is 4.99 Å². The van der Waals surface area contributed by atoms with Crippen LogP contribution in [-0.2, 0) is 10.0 Å². The van der Waals surface area contributed by atoms with Crippen LogP contribution in [-0.4, -0.2) is 29.8 Å². The third-order valence-corrected chi connectivity index (χ3v) is 2.65. The summed E-state index contributed by atoms with van der Waals surface area (Å²) < 4.78 is 23.8. The van der Waals surface area contributed by atoms with Crippen molar-refractivity contribution < 1.29 is 8.42 Å². The lowest BCUT2D eigenvalue weighted by Crippen LogP contribution is -2.08. The SMILES string of the molecule is C/C=C\c1ncn(S(C)(=O)=O)c1/N=C\C. The average Bonchev–Trinajstić information content (AvgIpc) is 2.49. The molecule has 0 aliphatic heterocycles. The second-order valence-electron chi connectivity index (χ2n) is 2.90. The number of aliphatic imine (C=N–C) groups is 1. The Morgan fingerprint density at radius 2 is 2.13 bits per heavy atom. The van der Waals surface area contributed by atoms with Crippen molar-refractivity contribution in [1.82, 2.24) is 8.96 Å². The van der Waals surface area contributed by atoms with Crippen LogP contribution in [0.3, 0.4) is 0 Å². The van der Waals surface area contributed by atoms with Gasteiger partial charge in [-0.3, -0.25) is 0 Å². The van der Waals surface area contributed by atoms with Gasteiger partial charge in [0.1, 0.15) is 12.0 Å². The van der Waals surface area contributed by atoms with Gasteiger partial charge in [0.25, 0.3) is 0 Å². The lowest BCUT2D eigenvalue weighted by molar-refractivity contribution is 0.594. The van der Waals surface area contributed by atoms with Crippen LogP contribution in [0.1, 0.15) is 19.5 Å². The van der Waals surface area contributed by atoms with Crippen LogP contribution < -0.4 is 0 Å². The van der Waals surface area contributed by atoms with Gasteiger partial charge in [0.15, 0.2) is 5.82 Å². The van der Waals surface area contributed by atoms with Gasteiger partial charge < -0.3 is 0 Å². The number of hydrogen-bond acceptors (Lipinski definition) is 4. The number of nitrogens with zero attached hydrogens (tertiary/aromatic N) is 3. The van der Waals surface area contributed by atoms with E-state index in [2.05, 4.69) is 9.98 Å². The number of aromatic nitrogens is 2. The number of rotatable bonds is 3.